The Kier molecular flexibility index (Phi) is 20.3. The largest absolute Gasteiger partial charge is 0.463 e. The predicted molar refractivity (Wildman–Crippen MR) is 203 cm³/mol. The molecule has 3 fully saturated rings. The van der Waals surface area contributed by atoms with Gasteiger partial charge in [-0.2, -0.15) is 0 Å². The summed E-state index contributed by atoms with van der Waals surface area (Å²) in [7, 11) is 0. The molecule has 0 aromatic heterocycles. The zero-order chi connectivity index (χ0) is 48.2. The van der Waals surface area contributed by atoms with Gasteiger partial charge in [0.25, 0.3) is 0 Å². The quantitative estimate of drug-likeness (QED) is 0.101. The topological polar surface area (TPSA) is 309 Å². The summed E-state index contributed by atoms with van der Waals surface area (Å²) in [5.74, 6) is -9.05. The van der Waals surface area contributed by atoms with Gasteiger partial charge in [-0.05, 0) is 0 Å². The van der Waals surface area contributed by atoms with Crippen molar-refractivity contribution < 1.29 is 119 Å². The normalized spacial score (nSPS) is 32.3. The van der Waals surface area contributed by atoms with Gasteiger partial charge < -0.3 is 71.1 Å². The highest BCUT2D eigenvalue weighted by Gasteiger charge is 2.58. The number of alkyl halides is 1. The molecule has 26 heteroatoms. The molecule has 360 valence electrons. The number of hydrogen-bond acceptors (Lipinski definition) is 25. The number of esters is 10. The molecule has 0 aromatic rings. The Morgan fingerprint density at radius 3 is 1.05 bits per heavy atom. The first-order chi connectivity index (χ1) is 29.9. The fourth-order valence-corrected chi connectivity index (χ4v) is 7.46. The lowest BCUT2D eigenvalue weighted by molar-refractivity contribution is -0.363. The highest BCUT2D eigenvalue weighted by molar-refractivity contribution is 9.09. The third-order valence-electron chi connectivity index (χ3n) is 8.79. The summed E-state index contributed by atoms with van der Waals surface area (Å²) in [6, 6.07) is 0. The van der Waals surface area contributed by atoms with Gasteiger partial charge in [-0.1, -0.05) is 15.9 Å². The Hall–Kier alpha value is -5.02. The molecule has 3 heterocycles. The second-order valence-electron chi connectivity index (χ2n) is 14.2. The van der Waals surface area contributed by atoms with Crippen LogP contribution >= 0.6 is 15.9 Å². The Morgan fingerprint density at radius 2 is 0.641 bits per heavy atom. The van der Waals surface area contributed by atoms with Crippen molar-refractivity contribution in [2.24, 2.45) is 0 Å². The Morgan fingerprint density at radius 1 is 0.344 bits per heavy atom. The van der Waals surface area contributed by atoms with E-state index in [1.165, 1.54) is 0 Å². The first kappa shape index (κ1) is 53.3. The van der Waals surface area contributed by atoms with Crippen LogP contribution in [0.25, 0.3) is 0 Å². The maximum atomic E-state index is 12.8. The molecule has 0 N–H and O–H groups in total. The van der Waals surface area contributed by atoms with Gasteiger partial charge in [0.1, 0.15) is 37.6 Å². The van der Waals surface area contributed by atoms with Crippen LogP contribution in [0, 0.1) is 0 Å². The van der Waals surface area contributed by atoms with Crippen molar-refractivity contribution in [1.82, 2.24) is 0 Å². The summed E-state index contributed by atoms with van der Waals surface area (Å²) >= 11 is 3.24. The van der Waals surface area contributed by atoms with E-state index >= 15 is 0 Å². The molecule has 0 unspecified atom stereocenters. The smallest absolute Gasteiger partial charge is 0.303 e. The van der Waals surface area contributed by atoms with Crippen molar-refractivity contribution in [3.8, 4) is 0 Å². The lowest BCUT2D eigenvalue weighted by atomic mass is 9.95. The van der Waals surface area contributed by atoms with Crippen LogP contribution < -0.4 is 0 Å². The fourth-order valence-electron chi connectivity index (χ4n) is 6.77. The maximum absolute atomic E-state index is 12.8. The molecule has 64 heavy (non-hydrogen) atoms. The molecular weight excluding hydrogens is 936 g/mol. The Bertz CT molecular complexity index is 1740. The zero-order valence-corrected chi connectivity index (χ0v) is 38.0. The minimum absolute atomic E-state index is 0.651. The van der Waals surface area contributed by atoms with E-state index < -0.39 is 170 Å². The van der Waals surface area contributed by atoms with Crippen molar-refractivity contribution in [2.75, 3.05) is 19.8 Å². The standard InChI is InChI=1S/C38H51BrO25/c1-14(40)50-11-25-28(54-17(4)43)31(56-19(6)45)35(60-23(10)49)38(63-25)64-29-26(12-51-15(2)41)62-37(34(59-22(9)48)32(29)57-20(7)46)52-13-24-27(53-16(3)42)30(55-18(5)44)33(36(39)61-24)58-21(8)47/h24-38H,11-13H2,1-10H3/t24-,25-,26-,27-,28-,29-,30+,31+,32+,33-,34-,35-,36+,37-,38-/m1/s1. The van der Waals surface area contributed by atoms with E-state index in [2.05, 4.69) is 15.9 Å². The van der Waals surface area contributed by atoms with Crippen molar-refractivity contribution in [3.05, 3.63) is 0 Å². The van der Waals surface area contributed by atoms with Crippen molar-refractivity contribution >= 4 is 75.6 Å². The van der Waals surface area contributed by atoms with Gasteiger partial charge in [-0.25, -0.2) is 0 Å². The van der Waals surface area contributed by atoms with Gasteiger partial charge in [0, 0.05) is 69.2 Å². The van der Waals surface area contributed by atoms with Crippen molar-refractivity contribution in [3.63, 3.8) is 0 Å². The predicted octanol–water partition coefficient (Wildman–Crippen LogP) is -0.462. The summed E-state index contributed by atoms with van der Waals surface area (Å²) in [5, 5.41) is -1.21. The van der Waals surface area contributed by atoms with E-state index in [4.69, 9.17) is 71.1 Å². The third kappa shape index (κ3) is 15.9. The minimum atomic E-state index is -1.93. The lowest BCUT2D eigenvalue weighted by Gasteiger charge is -2.49. The van der Waals surface area contributed by atoms with Crippen LogP contribution in [0.3, 0.4) is 0 Å². The Labute approximate surface area is 373 Å². The number of hydrogen-bond donors (Lipinski definition) is 0. The molecule has 0 bridgehead atoms. The van der Waals surface area contributed by atoms with Gasteiger partial charge in [0.05, 0.1) is 6.61 Å². The molecule has 0 aromatic carbocycles. The zero-order valence-electron chi connectivity index (χ0n) is 36.4. The van der Waals surface area contributed by atoms with Gasteiger partial charge in [0.15, 0.2) is 66.4 Å². The van der Waals surface area contributed by atoms with E-state index in [-0.39, 0.29) is 0 Å². The van der Waals surface area contributed by atoms with E-state index in [0.29, 0.717) is 0 Å². The highest BCUT2D eigenvalue weighted by atomic mass is 79.9. The summed E-state index contributed by atoms with van der Waals surface area (Å²) in [6.07, 6.45) is -23.1. The SMILES string of the molecule is CC(=O)OC[C@H]1O[C@H](O[C@H]2[C@H](OC(C)=O)[C@@H](OC(C)=O)[C@H](OC[C@H]3O[C@H](Br)[C@H](OC(C)=O)[C@@H](OC(C)=O)[C@@H]3OC(C)=O)O[C@@H]2COC(C)=O)[C@H](OC(C)=O)[C@@H](OC(C)=O)[C@@H]1OC(C)=O. The molecule has 3 rings (SSSR count). The second kappa shape index (κ2) is 24.3. The summed E-state index contributed by atoms with van der Waals surface area (Å²) in [5.41, 5.74) is 0. The first-order valence-corrected chi connectivity index (χ1v) is 20.3. The van der Waals surface area contributed by atoms with Crippen molar-refractivity contribution in [1.29, 1.82) is 0 Å². The molecule has 3 aliphatic heterocycles. The molecule has 0 spiro atoms. The summed E-state index contributed by atoms with van der Waals surface area (Å²) in [4.78, 5) is 123. The minimum Gasteiger partial charge on any atom is -0.463 e. The van der Waals surface area contributed by atoms with E-state index in [1.54, 1.807) is 0 Å². The molecular formula is C38H51BrO25. The number of carbonyl (C=O) groups is 10. The molecule has 25 nitrogen and oxygen atoms in total. The summed E-state index contributed by atoms with van der Waals surface area (Å²) in [6.45, 7) is 8.20. The van der Waals surface area contributed by atoms with Crippen LogP contribution in [0.4, 0.5) is 0 Å². The van der Waals surface area contributed by atoms with Crippen LogP contribution in [-0.4, -0.2) is 170 Å². The maximum Gasteiger partial charge on any atom is 0.303 e. The van der Waals surface area contributed by atoms with Crippen LogP contribution in [-0.2, 0) is 119 Å². The third-order valence-corrected chi connectivity index (χ3v) is 9.53. The average molecular weight is 988 g/mol. The van der Waals surface area contributed by atoms with Crippen molar-refractivity contribution in [2.45, 2.75) is 160 Å². The van der Waals surface area contributed by atoms with Crippen LogP contribution in [0.15, 0.2) is 0 Å². The summed E-state index contributed by atoms with van der Waals surface area (Å²) < 4.78 is 84.9. The molecule has 0 radical (unpaired) electrons. The monoisotopic (exact) mass is 986 g/mol. The second-order valence-corrected chi connectivity index (χ2v) is 15.1. The van der Waals surface area contributed by atoms with E-state index in [1.807, 2.05) is 0 Å². The Balaban J connectivity index is 2.16. The van der Waals surface area contributed by atoms with Crippen LogP contribution in [0.2, 0.25) is 0 Å². The molecule has 0 saturated carbocycles. The molecule has 0 aliphatic carbocycles. The first-order valence-electron chi connectivity index (χ1n) is 19.4. The van der Waals surface area contributed by atoms with Gasteiger partial charge in [-0.3, -0.25) is 47.9 Å². The van der Waals surface area contributed by atoms with Crippen LogP contribution in [0.1, 0.15) is 69.2 Å². The highest BCUT2D eigenvalue weighted by Crippen LogP contribution is 2.37. The van der Waals surface area contributed by atoms with Gasteiger partial charge in [0.2, 0.25) is 0 Å². The van der Waals surface area contributed by atoms with E-state index in [9.17, 15) is 47.9 Å². The average Bonchev–Trinajstić information content (AvgIpc) is 3.14. The van der Waals surface area contributed by atoms with E-state index in [0.717, 1.165) is 69.2 Å². The fraction of sp³-hybridized carbons (Fsp3) is 0.737. The van der Waals surface area contributed by atoms with Gasteiger partial charge >= 0.3 is 59.7 Å². The van der Waals surface area contributed by atoms with Gasteiger partial charge in [-0.15, -0.1) is 0 Å². The molecule has 3 aliphatic rings. The molecule has 0 amide bonds. The van der Waals surface area contributed by atoms with Crippen LogP contribution in [0.5, 0.6) is 0 Å². The number of ether oxygens (including phenoxy) is 15. The number of carbonyl (C=O) groups excluding carboxylic acids is 10. The lowest BCUT2D eigenvalue weighted by Crippen LogP contribution is -2.67. The molecule has 3 saturated heterocycles. The molecule has 15 atom stereocenters. The number of rotatable bonds is 17. The number of halogens is 1.